The minimum atomic E-state index is -0.988. The number of halogens is 2. The Bertz CT molecular complexity index is 1050. The van der Waals surface area contributed by atoms with Crippen LogP contribution < -0.4 is 20.1 Å². The van der Waals surface area contributed by atoms with Crippen molar-refractivity contribution in [3.8, 4) is 11.5 Å². The van der Waals surface area contributed by atoms with Gasteiger partial charge in [-0.2, -0.15) is 0 Å². The van der Waals surface area contributed by atoms with Gasteiger partial charge in [-0.05, 0) is 69.1 Å². The van der Waals surface area contributed by atoms with Crippen molar-refractivity contribution in [2.24, 2.45) is 0 Å². The van der Waals surface area contributed by atoms with Gasteiger partial charge in [-0.25, -0.2) is 13.6 Å². The summed E-state index contributed by atoms with van der Waals surface area (Å²) in [6.07, 6.45) is 4.53. The molecule has 1 saturated carbocycles. The number of nitrogens with zero attached hydrogens (tertiary/aromatic N) is 1. The number of likely N-dealkylation sites (N-methyl/N-ethyl adjacent to an activating group) is 1. The van der Waals surface area contributed by atoms with Gasteiger partial charge in [-0.3, -0.25) is 0 Å². The maximum Gasteiger partial charge on any atom is 0.319 e. The summed E-state index contributed by atoms with van der Waals surface area (Å²) >= 11 is 0. The lowest BCUT2D eigenvalue weighted by molar-refractivity contribution is 0.156. The van der Waals surface area contributed by atoms with E-state index < -0.39 is 17.7 Å². The number of anilines is 1. The molecule has 2 N–H and O–H groups in total. The molecule has 2 aromatic rings. The Morgan fingerprint density at radius 2 is 1.88 bits per heavy atom. The summed E-state index contributed by atoms with van der Waals surface area (Å²) in [6.45, 7) is 2.32. The Labute approximate surface area is 192 Å². The molecule has 176 valence electrons. The quantitative estimate of drug-likeness (QED) is 0.715. The third-order valence-electron chi connectivity index (χ3n) is 7.36. The fraction of sp³-hybridized carbons (Fsp3) is 0.480. The lowest BCUT2D eigenvalue weighted by Crippen LogP contribution is -2.52. The topological polar surface area (TPSA) is 62.8 Å². The van der Waals surface area contributed by atoms with Crippen molar-refractivity contribution in [2.45, 2.75) is 49.6 Å². The maximum absolute atomic E-state index is 13.4. The van der Waals surface area contributed by atoms with E-state index in [-0.39, 0.29) is 23.2 Å². The molecule has 6 nitrogen and oxygen atoms in total. The van der Waals surface area contributed by atoms with Gasteiger partial charge in [0.25, 0.3) is 0 Å². The number of hydrogen-bond acceptors (Lipinski definition) is 4. The summed E-state index contributed by atoms with van der Waals surface area (Å²) in [5.74, 6) is -0.305. The number of amides is 2. The van der Waals surface area contributed by atoms with Gasteiger partial charge in [-0.1, -0.05) is 6.07 Å². The minimum absolute atomic E-state index is 0.00520. The first-order chi connectivity index (χ1) is 15.9. The summed E-state index contributed by atoms with van der Waals surface area (Å²) in [7, 11) is 2.14. The highest BCUT2D eigenvalue weighted by molar-refractivity contribution is 5.89. The molecule has 5 rings (SSSR count). The van der Waals surface area contributed by atoms with Crippen LogP contribution in [-0.4, -0.2) is 49.8 Å². The molecule has 0 bridgehead atoms. The first-order valence-corrected chi connectivity index (χ1v) is 11.6. The van der Waals surface area contributed by atoms with E-state index in [9.17, 15) is 13.6 Å². The smallest absolute Gasteiger partial charge is 0.319 e. The third kappa shape index (κ3) is 4.24. The van der Waals surface area contributed by atoms with E-state index in [0.717, 1.165) is 62.3 Å². The van der Waals surface area contributed by atoms with Crippen molar-refractivity contribution >= 4 is 11.7 Å². The van der Waals surface area contributed by atoms with Crippen molar-refractivity contribution < 1.29 is 23.0 Å². The Balaban J connectivity index is 1.29. The predicted octanol–water partition coefficient (Wildman–Crippen LogP) is 4.44. The zero-order valence-electron chi connectivity index (χ0n) is 18.7. The molecule has 8 heteroatoms. The van der Waals surface area contributed by atoms with Gasteiger partial charge in [0.1, 0.15) is 0 Å². The lowest BCUT2D eigenvalue weighted by Gasteiger charge is -2.45. The first kappa shape index (κ1) is 21.9. The molecule has 2 aromatic carbocycles. The molecule has 0 aromatic heterocycles. The maximum atomic E-state index is 13.4. The summed E-state index contributed by atoms with van der Waals surface area (Å²) in [5, 5.41) is 5.63. The van der Waals surface area contributed by atoms with Crippen molar-refractivity contribution in [3.63, 3.8) is 0 Å². The van der Waals surface area contributed by atoms with E-state index in [1.807, 2.05) is 6.07 Å². The van der Waals surface area contributed by atoms with E-state index >= 15 is 0 Å². The van der Waals surface area contributed by atoms with Crippen molar-refractivity contribution in [2.75, 3.05) is 32.1 Å². The van der Waals surface area contributed by atoms with Crippen LogP contribution in [-0.2, 0) is 5.41 Å². The molecule has 33 heavy (non-hydrogen) atoms. The van der Waals surface area contributed by atoms with Gasteiger partial charge >= 0.3 is 6.03 Å². The standard InChI is InChI=1S/C25H29F2N3O3/c1-30-10-9-25(16-3-6-21-22(13-16)33-12-2-11-32-21)8-7-18(15-23(25)30)29-24(31)28-17-4-5-19(26)20(27)14-17/h3-6,13-14,18,23H,2,7-12,15H2,1H3,(H2,28,29,31)/t18-,23+,25-/m0/s1. The molecular formula is C25H29F2N3O3. The fourth-order valence-electron chi connectivity index (χ4n) is 5.65. The van der Waals surface area contributed by atoms with E-state index in [2.05, 4.69) is 34.7 Å². The molecular weight excluding hydrogens is 428 g/mol. The number of urea groups is 1. The predicted molar refractivity (Wildman–Crippen MR) is 121 cm³/mol. The van der Waals surface area contributed by atoms with Crippen LogP contribution in [0.5, 0.6) is 11.5 Å². The SMILES string of the molecule is CN1CC[C@]2(c3ccc4c(c3)OCCCO4)CC[C@H](NC(=O)Nc3ccc(F)c(F)c3)C[C@@H]12. The lowest BCUT2D eigenvalue weighted by atomic mass is 9.65. The van der Waals surface area contributed by atoms with Crippen LogP contribution in [0, 0.1) is 11.6 Å². The molecule has 2 aliphatic heterocycles. The molecule has 0 unspecified atom stereocenters. The van der Waals surface area contributed by atoms with Crippen molar-refractivity contribution in [3.05, 3.63) is 53.6 Å². The second kappa shape index (κ2) is 8.82. The van der Waals surface area contributed by atoms with Crippen LogP contribution in [0.2, 0.25) is 0 Å². The van der Waals surface area contributed by atoms with Gasteiger partial charge < -0.3 is 25.0 Å². The van der Waals surface area contributed by atoms with Crippen LogP contribution in [0.1, 0.15) is 37.7 Å². The average molecular weight is 458 g/mol. The largest absolute Gasteiger partial charge is 0.490 e. The van der Waals surface area contributed by atoms with E-state index in [1.54, 1.807) is 0 Å². The minimum Gasteiger partial charge on any atom is -0.490 e. The van der Waals surface area contributed by atoms with E-state index in [4.69, 9.17) is 9.47 Å². The van der Waals surface area contributed by atoms with Gasteiger partial charge in [-0.15, -0.1) is 0 Å². The highest BCUT2D eigenvalue weighted by atomic mass is 19.2. The van der Waals surface area contributed by atoms with Gasteiger partial charge in [0.15, 0.2) is 23.1 Å². The number of hydrogen-bond donors (Lipinski definition) is 2. The average Bonchev–Trinajstić information content (AvgIpc) is 2.97. The van der Waals surface area contributed by atoms with Crippen LogP contribution in [0.3, 0.4) is 0 Å². The highest BCUT2D eigenvalue weighted by Gasteiger charge is 2.50. The van der Waals surface area contributed by atoms with Gasteiger partial charge in [0.2, 0.25) is 0 Å². The molecule has 2 amide bonds. The summed E-state index contributed by atoms with van der Waals surface area (Å²) in [4.78, 5) is 14.9. The molecule has 0 radical (unpaired) electrons. The zero-order valence-corrected chi connectivity index (χ0v) is 18.7. The monoisotopic (exact) mass is 457 g/mol. The van der Waals surface area contributed by atoms with Crippen LogP contribution >= 0.6 is 0 Å². The Kier molecular flexibility index (Phi) is 5.86. The van der Waals surface area contributed by atoms with E-state index in [0.29, 0.717) is 13.2 Å². The third-order valence-corrected chi connectivity index (χ3v) is 7.36. The number of rotatable bonds is 3. The summed E-state index contributed by atoms with van der Waals surface area (Å²) in [6, 6.07) is 9.55. The number of likely N-dealkylation sites (tertiary alicyclic amines) is 1. The number of ether oxygens (including phenoxy) is 2. The molecule has 1 saturated heterocycles. The molecule has 3 atom stereocenters. The Morgan fingerprint density at radius 3 is 2.70 bits per heavy atom. The highest BCUT2D eigenvalue weighted by Crippen LogP contribution is 2.50. The summed E-state index contributed by atoms with van der Waals surface area (Å²) < 4.78 is 38.3. The zero-order chi connectivity index (χ0) is 23.0. The number of fused-ring (bicyclic) bond motifs is 2. The number of benzene rings is 2. The van der Waals surface area contributed by atoms with Crippen LogP contribution in [0.25, 0.3) is 0 Å². The second-order valence-electron chi connectivity index (χ2n) is 9.31. The Hall–Kier alpha value is -2.87. The molecule has 2 heterocycles. The first-order valence-electron chi connectivity index (χ1n) is 11.6. The normalized spacial score (nSPS) is 26.9. The number of carbonyl (C=O) groups is 1. The fourth-order valence-corrected chi connectivity index (χ4v) is 5.65. The number of nitrogens with one attached hydrogen (secondary N) is 2. The summed E-state index contributed by atoms with van der Waals surface area (Å²) in [5.41, 5.74) is 1.50. The molecule has 2 fully saturated rings. The van der Waals surface area contributed by atoms with Crippen LogP contribution in [0.15, 0.2) is 36.4 Å². The van der Waals surface area contributed by atoms with Gasteiger partial charge in [0, 0.05) is 35.7 Å². The molecule has 1 aliphatic carbocycles. The molecule has 0 spiro atoms. The van der Waals surface area contributed by atoms with Crippen molar-refractivity contribution in [1.82, 2.24) is 10.2 Å². The second-order valence-corrected chi connectivity index (χ2v) is 9.31. The Morgan fingerprint density at radius 1 is 1.06 bits per heavy atom. The molecule has 3 aliphatic rings. The van der Waals surface area contributed by atoms with Crippen LogP contribution in [0.4, 0.5) is 19.3 Å². The van der Waals surface area contributed by atoms with Crippen molar-refractivity contribution in [1.29, 1.82) is 0 Å². The van der Waals surface area contributed by atoms with Gasteiger partial charge in [0.05, 0.1) is 13.2 Å². The number of carbonyl (C=O) groups excluding carboxylic acids is 1. The van der Waals surface area contributed by atoms with E-state index in [1.165, 1.54) is 11.6 Å².